The number of hydrogen-bond acceptors (Lipinski definition) is 7. The molecule has 0 saturated carbocycles. The number of carbonyl (C=O) groups is 2. The summed E-state index contributed by atoms with van der Waals surface area (Å²) in [5.74, 6) is 1.51. The van der Waals surface area contributed by atoms with Crippen LogP contribution in [0.25, 0.3) is 0 Å². The molecule has 0 unspecified atom stereocenters. The number of hydrogen-bond donors (Lipinski definition) is 0. The van der Waals surface area contributed by atoms with Crippen molar-refractivity contribution in [2.45, 2.75) is 76.2 Å². The van der Waals surface area contributed by atoms with E-state index in [2.05, 4.69) is 24.8 Å². The van der Waals surface area contributed by atoms with E-state index in [-0.39, 0.29) is 17.8 Å². The van der Waals surface area contributed by atoms with Gasteiger partial charge in [-0.2, -0.15) is 0 Å². The van der Waals surface area contributed by atoms with E-state index in [9.17, 15) is 9.59 Å². The lowest BCUT2D eigenvalue weighted by Crippen LogP contribution is -2.40. The number of amides is 1. The first kappa shape index (κ1) is 26.5. The fourth-order valence-corrected chi connectivity index (χ4v) is 5.81. The van der Waals surface area contributed by atoms with Crippen LogP contribution in [0.4, 0.5) is 5.82 Å². The Hall–Kier alpha value is -2.61. The number of ether oxygens (including phenoxy) is 1. The van der Waals surface area contributed by atoms with Crippen LogP contribution < -0.4 is 4.90 Å². The van der Waals surface area contributed by atoms with Gasteiger partial charge in [0.25, 0.3) is 5.91 Å². The Morgan fingerprint density at radius 2 is 1.86 bits per heavy atom. The minimum Gasteiger partial charge on any atom is -0.466 e. The monoisotopic (exact) mass is 510 g/mol. The SMILES string of the molecule is CCOC(=O)C1CCN(C(=O)c2cccc(CSc3nc(CC)cc(N4CCCC[C@H]4C)n3)c2)CC1. The van der Waals surface area contributed by atoms with Gasteiger partial charge < -0.3 is 14.5 Å². The Kier molecular flexibility index (Phi) is 9.24. The molecule has 0 spiro atoms. The van der Waals surface area contributed by atoms with Crippen LogP contribution in [0.5, 0.6) is 0 Å². The van der Waals surface area contributed by atoms with E-state index in [1.54, 1.807) is 11.8 Å². The molecule has 7 nitrogen and oxygen atoms in total. The van der Waals surface area contributed by atoms with Gasteiger partial charge in [0.15, 0.2) is 5.16 Å². The zero-order chi connectivity index (χ0) is 25.5. The Balaban J connectivity index is 1.39. The molecule has 8 heteroatoms. The minimum atomic E-state index is -0.143. The van der Waals surface area contributed by atoms with E-state index in [0.717, 1.165) is 35.2 Å². The molecule has 0 N–H and O–H groups in total. The number of esters is 1. The summed E-state index contributed by atoms with van der Waals surface area (Å²) in [5.41, 5.74) is 2.83. The normalized spacial score (nSPS) is 18.8. The van der Waals surface area contributed by atoms with Gasteiger partial charge in [0.2, 0.25) is 0 Å². The average molecular weight is 511 g/mol. The molecule has 2 aliphatic heterocycles. The van der Waals surface area contributed by atoms with E-state index in [0.29, 0.717) is 49.9 Å². The van der Waals surface area contributed by atoms with Crippen molar-refractivity contribution >= 4 is 29.5 Å². The number of anilines is 1. The highest BCUT2D eigenvalue weighted by molar-refractivity contribution is 7.98. The summed E-state index contributed by atoms with van der Waals surface area (Å²) in [6.07, 6.45) is 5.88. The third-order valence-corrected chi connectivity index (χ3v) is 8.07. The van der Waals surface area contributed by atoms with Gasteiger partial charge in [-0.15, -0.1) is 0 Å². The predicted molar refractivity (Wildman–Crippen MR) is 143 cm³/mol. The quantitative estimate of drug-likeness (QED) is 0.277. The van der Waals surface area contributed by atoms with Crippen molar-refractivity contribution in [1.82, 2.24) is 14.9 Å². The third-order valence-electron chi connectivity index (χ3n) is 7.15. The van der Waals surface area contributed by atoms with Crippen LogP contribution in [0.15, 0.2) is 35.5 Å². The number of likely N-dealkylation sites (tertiary alicyclic amines) is 1. The van der Waals surface area contributed by atoms with Crippen LogP contribution in [0.2, 0.25) is 0 Å². The Bertz CT molecular complexity index is 1050. The number of aryl methyl sites for hydroxylation is 1. The number of benzene rings is 1. The van der Waals surface area contributed by atoms with Crippen molar-refractivity contribution in [2.75, 3.05) is 31.1 Å². The molecule has 1 aromatic carbocycles. The summed E-state index contributed by atoms with van der Waals surface area (Å²) in [4.78, 5) is 39.1. The summed E-state index contributed by atoms with van der Waals surface area (Å²) in [5, 5.41) is 0.792. The maximum absolute atomic E-state index is 13.1. The second-order valence-electron chi connectivity index (χ2n) is 9.70. The molecule has 2 aliphatic rings. The van der Waals surface area contributed by atoms with E-state index in [1.807, 2.05) is 36.1 Å². The molecule has 2 saturated heterocycles. The number of aromatic nitrogens is 2. The maximum atomic E-state index is 13.1. The fourth-order valence-electron chi connectivity index (χ4n) is 4.99. The van der Waals surface area contributed by atoms with Crippen molar-refractivity contribution in [3.8, 4) is 0 Å². The molecule has 2 fully saturated rings. The molecule has 1 aromatic heterocycles. The molecule has 194 valence electrons. The van der Waals surface area contributed by atoms with Crippen molar-refractivity contribution in [1.29, 1.82) is 0 Å². The van der Waals surface area contributed by atoms with Crippen molar-refractivity contribution < 1.29 is 14.3 Å². The molecule has 4 rings (SSSR count). The Labute approximate surface area is 219 Å². The molecule has 2 aromatic rings. The zero-order valence-corrected chi connectivity index (χ0v) is 22.6. The van der Waals surface area contributed by atoms with Crippen molar-refractivity contribution in [3.05, 3.63) is 47.2 Å². The number of carbonyl (C=O) groups excluding carboxylic acids is 2. The van der Waals surface area contributed by atoms with E-state index >= 15 is 0 Å². The van der Waals surface area contributed by atoms with Crippen molar-refractivity contribution in [3.63, 3.8) is 0 Å². The van der Waals surface area contributed by atoms with Gasteiger partial charge >= 0.3 is 5.97 Å². The highest BCUT2D eigenvalue weighted by Crippen LogP contribution is 2.28. The number of thioether (sulfide) groups is 1. The molecule has 0 radical (unpaired) electrons. The van der Waals surface area contributed by atoms with Gasteiger partial charge in [0.05, 0.1) is 12.5 Å². The summed E-state index contributed by atoms with van der Waals surface area (Å²) >= 11 is 1.62. The first-order valence-corrected chi connectivity index (χ1v) is 14.3. The molecular formula is C28H38N4O3S. The first-order valence-electron chi connectivity index (χ1n) is 13.3. The van der Waals surface area contributed by atoms with E-state index < -0.39 is 0 Å². The van der Waals surface area contributed by atoms with Crippen LogP contribution in [0, 0.1) is 5.92 Å². The van der Waals surface area contributed by atoms with Crippen LogP contribution in [-0.2, 0) is 21.7 Å². The van der Waals surface area contributed by atoms with Crippen molar-refractivity contribution in [2.24, 2.45) is 5.92 Å². The zero-order valence-electron chi connectivity index (χ0n) is 21.7. The summed E-state index contributed by atoms with van der Waals surface area (Å²) in [6, 6.07) is 10.5. The highest BCUT2D eigenvalue weighted by Gasteiger charge is 2.28. The largest absolute Gasteiger partial charge is 0.466 e. The molecule has 36 heavy (non-hydrogen) atoms. The molecule has 3 heterocycles. The summed E-state index contributed by atoms with van der Waals surface area (Å²) in [7, 11) is 0. The van der Waals surface area contributed by atoms with Crippen LogP contribution in [0.3, 0.4) is 0 Å². The number of rotatable bonds is 8. The maximum Gasteiger partial charge on any atom is 0.309 e. The summed E-state index contributed by atoms with van der Waals surface area (Å²) < 4.78 is 5.14. The Morgan fingerprint density at radius 1 is 1.06 bits per heavy atom. The molecule has 0 aliphatic carbocycles. The second-order valence-corrected chi connectivity index (χ2v) is 10.6. The average Bonchev–Trinajstić information content (AvgIpc) is 2.92. The topological polar surface area (TPSA) is 75.6 Å². The molecule has 0 bridgehead atoms. The third kappa shape index (κ3) is 6.58. The van der Waals surface area contributed by atoms with Gasteiger partial charge in [-0.1, -0.05) is 30.8 Å². The predicted octanol–water partition coefficient (Wildman–Crippen LogP) is 5.13. The standard InChI is InChI=1S/C28H38N4O3S/c1-4-24-18-25(32-14-7-6-9-20(32)3)30-28(29-24)36-19-21-10-8-11-23(17-21)26(33)31-15-12-22(13-16-31)27(34)35-5-2/h8,10-11,17-18,20,22H,4-7,9,12-16,19H2,1-3H3/t20-/m1/s1. The van der Waals surface area contributed by atoms with Crippen LogP contribution >= 0.6 is 11.8 Å². The van der Waals surface area contributed by atoms with Gasteiger partial charge in [-0.05, 0) is 70.1 Å². The molecule has 1 atom stereocenters. The molecular weight excluding hydrogens is 472 g/mol. The highest BCUT2D eigenvalue weighted by atomic mass is 32.2. The second kappa shape index (κ2) is 12.6. The minimum absolute atomic E-state index is 0.0229. The lowest BCUT2D eigenvalue weighted by molar-refractivity contribution is -0.149. The van der Waals surface area contributed by atoms with Gasteiger partial charge in [0.1, 0.15) is 5.82 Å². The lowest BCUT2D eigenvalue weighted by Gasteiger charge is -2.34. The first-order chi connectivity index (χ1) is 17.5. The van der Waals surface area contributed by atoms with Crippen LogP contribution in [-0.4, -0.2) is 59.0 Å². The summed E-state index contributed by atoms with van der Waals surface area (Å²) in [6.45, 7) is 8.84. The van der Waals surface area contributed by atoms with Crippen LogP contribution in [0.1, 0.15) is 74.5 Å². The van der Waals surface area contributed by atoms with Gasteiger partial charge in [-0.3, -0.25) is 9.59 Å². The smallest absolute Gasteiger partial charge is 0.309 e. The molecule has 1 amide bonds. The fraction of sp³-hybridized carbons (Fsp3) is 0.571. The van der Waals surface area contributed by atoms with E-state index in [1.165, 1.54) is 19.3 Å². The van der Waals surface area contributed by atoms with Gasteiger partial charge in [0, 0.05) is 48.8 Å². The van der Waals surface area contributed by atoms with Gasteiger partial charge in [-0.25, -0.2) is 9.97 Å². The number of piperidine rings is 2. The Morgan fingerprint density at radius 3 is 2.58 bits per heavy atom. The lowest BCUT2D eigenvalue weighted by atomic mass is 9.96. The van der Waals surface area contributed by atoms with E-state index in [4.69, 9.17) is 14.7 Å². The number of nitrogens with zero attached hydrogens (tertiary/aromatic N) is 4.